The Kier molecular flexibility index (Phi) is 4.62. The van der Waals surface area contributed by atoms with Gasteiger partial charge in [0.15, 0.2) is 0 Å². The monoisotopic (exact) mass is 314 g/mol. The predicted molar refractivity (Wildman–Crippen MR) is 75.8 cm³/mol. The Bertz CT molecular complexity index is 431. The number of allylic oxidation sites excluding steroid dienone is 1. The zero-order valence-electron chi connectivity index (χ0n) is 9.55. The average Bonchev–Trinajstić information content (AvgIpc) is 2.34. The number of hydrazine groups is 1. The third kappa shape index (κ3) is 3.10. The van der Waals surface area contributed by atoms with E-state index in [0.29, 0.717) is 0 Å². The van der Waals surface area contributed by atoms with E-state index in [1.807, 2.05) is 18.2 Å². The fourth-order valence-electron chi connectivity index (χ4n) is 2.26. The van der Waals surface area contributed by atoms with Crippen LogP contribution in [-0.2, 0) is 0 Å². The Morgan fingerprint density at radius 2 is 2.18 bits per heavy atom. The van der Waals surface area contributed by atoms with Crippen LogP contribution in [0.1, 0.15) is 37.3 Å². The van der Waals surface area contributed by atoms with Crippen LogP contribution in [0.3, 0.4) is 0 Å². The molecule has 1 aromatic rings. The first-order valence-electron chi connectivity index (χ1n) is 5.82. The molecule has 0 saturated carbocycles. The highest BCUT2D eigenvalue weighted by atomic mass is 79.9. The van der Waals surface area contributed by atoms with E-state index in [1.54, 1.807) is 0 Å². The molecule has 17 heavy (non-hydrogen) atoms. The van der Waals surface area contributed by atoms with Crippen molar-refractivity contribution in [3.63, 3.8) is 0 Å². The van der Waals surface area contributed by atoms with Crippen molar-refractivity contribution in [2.24, 2.45) is 5.84 Å². The van der Waals surface area contributed by atoms with Crippen LogP contribution in [0, 0.1) is 0 Å². The SMILES string of the molecule is NNC(C1=CCCCC1)c1ccc(Br)cc1Cl. The minimum absolute atomic E-state index is 0.0379. The molecule has 4 heteroatoms. The number of hydrogen-bond donors (Lipinski definition) is 2. The molecule has 0 radical (unpaired) electrons. The molecule has 2 rings (SSSR count). The quantitative estimate of drug-likeness (QED) is 0.500. The van der Waals surface area contributed by atoms with Crippen molar-refractivity contribution in [2.75, 3.05) is 0 Å². The van der Waals surface area contributed by atoms with Crippen molar-refractivity contribution in [1.82, 2.24) is 5.43 Å². The van der Waals surface area contributed by atoms with E-state index >= 15 is 0 Å². The van der Waals surface area contributed by atoms with Gasteiger partial charge in [-0.25, -0.2) is 5.43 Å². The second kappa shape index (κ2) is 6.01. The van der Waals surface area contributed by atoms with Gasteiger partial charge in [0.25, 0.3) is 0 Å². The van der Waals surface area contributed by atoms with Crippen LogP contribution in [-0.4, -0.2) is 0 Å². The number of rotatable bonds is 3. The number of halogens is 2. The molecule has 92 valence electrons. The smallest absolute Gasteiger partial charge is 0.0684 e. The molecule has 1 aliphatic rings. The molecule has 0 aliphatic heterocycles. The van der Waals surface area contributed by atoms with Gasteiger partial charge in [0, 0.05) is 9.50 Å². The van der Waals surface area contributed by atoms with Gasteiger partial charge in [0.1, 0.15) is 0 Å². The summed E-state index contributed by atoms with van der Waals surface area (Å²) in [6.07, 6.45) is 7.03. The van der Waals surface area contributed by atoms with Crippen LogP contribution in [0.15, 0.2) is 34.3 Å². The highest BCUT2D eigenvalue weighted by Crippen LogP contribution is 2.34. The Labute approximate surface area is 115 Å². The van der Waals surface area contributed by atoms with Crippen molar-refractivity contribution in [3.05, 3.63) is 44.9 Å². The lowest BCUT2D eigenvalue weighted by Gasteiger charge is -2.24. The molecule has 1 unspecified atom stereocenters. The first kappa shape index (κ1) is 13.1. The first-order valence-corrected chi connectivity index (χ1v) is 6.99. The van der Waals surface area contributed by atoms with E-state index in [4.69, 9.17) is 17.4 Å². The molecule has 1 atom stereocenters. The summed E-state index contributed by atoms with van der Waals surface area (Å²) < 4.78 is 0.986. The van der Waals surface area contributed by atoms with Gasteiger partial charge in [-0.15, -0.1) is 0 Å². The molecule has 2 nitrogen and oxygen atoms in total. The number of nitrogens with two attached hydrogens (primary N) is 1. The van der Waals surface area contributed by atoms with Gasteiger partial charge in [-0.2, -0.15) is 0 Å². The average molecular weight is 316 g/mol. The molecule has 0 bridgehead atoms. The maximum atomic E-state index is 6.27. The molecule has 0 heterocycles. The highest BCUT2D eigenvalue weighted by Gasteiger charge is 2.19. The molecule has 1 aromatic carbocycles. The van der Waals surface area contributed by atoms with Crippen molar-refractivity contribution in [2.45, 2.75) is 31.7 Å². The van der Waals surface area contributed by atoms with Crippen LogP contribution in [0.25, 0.3) is 0 Å². The zero-order valence-corrected chi connectivity index (χ0v) is 11.9. The number of benzene rings is 1. The fourth-order valence-corrected chi connectivity index (χ4v) is 3.04. The maximum Gasteiger partial charge on any atom is 0.0684 e. The van der Waals surface area contributed by atoms with E-state index in [0.717, 1.165) is 27.9 Å². The Morgan fingerprint density at radius 1 is 1.35 bits per heavy atom. The van der Waals surface area contributed by atoms with E-state index in [2.05, 4.69) is 27.4 Å². The summed E-state index contributed by atoms with van der Waals surface area (Å²) >= 11 is 9.68. The van der Waals surface area contributed by atoms with Gasteiger partial charge in [-0.1, -0.05) is 45.2 Å². The lowest BCUT2D eigenvalue weighted by molar-refractivity contribution is 0.566. The molecule has 1 aliphatic carbocycles. The summed E-state index contributed by atoms with van der Waals surface area (Å²) in [7, 11) is 0. The summed E-state index contributed by atoms with van der Waals surface area (Å²) in [4.78, 5) is 0. The Balaban J connectivity index is 2.31. The second-order valence-electron chi connectivity index (χ2n) is 4.29. The third-order valence-electron chi connectivity index (χ3n) is 3.14. The van der Waals surface area contributed by atoms with E-state index in [1.165, 1.54) is 18.4 Å². The minimum Gasteiger partial charge on any atom is -0.271 e. The van der Waals surface area contributed by atoms with Crippen molar-refractivity contribution in [3.8, 4) is 0 Å². The van der Waals surface area contributed by atoms with Crippen molar-refractivity contribution in [1.29, 1.82) is 0 Å². The lowest BCUT2D eigenvalue weighted by atomic mass is 9.90. The Morgan fingerprint density at radius 3 is 2.76 bits per heavy atom. The van der Waals surface area contributed by atoms with Crippen LogP contribution >= 0.6 is 27.5 Å². The minimum atomic E-state index is 0.0379. The molecule has 3 N–H and O–H groups in total. The van der Waals surface area contributed by atoms with Crippen molar-refractivity contribution < 1.29 is 0 Å². The molecule has 0 amide bonds. The van der Waals surface area contributed by atoms with Gasteiger partial charge in [0.2, 0.25) is 0 Å². The van der Waals surface area contributed by atoms with E-state index in [9.17, 15) is 0 Å². The second-order valence-corrected chi connectivity index (χ2v) is 5.61. The molecule has 0 aromatic heterocycles. The number of nitrogens with one attached hydrogen (secondary N) is 1. The zero-order chi connectivity index (χ0) is 12.3. The summed E-state index contributed by atoms with van der Waals surface area (Å²) in [6.45, 7) is 0. The third-order valence-corrected chi connectivity index (χ3v) is 3.96. The van der Waals surface area contributed by atoms with Gasteiger partial charge in [-0.3, -0.25) is 5.84 Å². The van der Waals surface area contributed by atoms with E-state index < -0.39 is 0 Å². The Hall–Kier alpha value is -0.350. The van der Waals surface area contributed by atoms with Gasteiger partial charge < -0.3 is 0 Å². The summed E-state index contributed by atoms with van der Waals surface area (Å²) in [5.41, 5.74) is 5.28. The van der Waals surface area contributed by atoms with Gasteiger partial charge in [-0.05, 0) is 43.4 Å². The maximum absolute atomic E-state index is 6.27. The molecule has 0 spiro atoms. The van der Waals surface area contributed by atoms with Crippen LogP contribution < -0.4 is 11.3 Å². The summed E-state index contributed by atoms with van der Waals surface area (Å²) in [5, 5.41) is 0.744. The van der Waals surface area contributed by atoms with Crippen molar-refractivity contribution >= 4 is 27.5 Å². The summed E-state index contributed by atoms with van der Waals surface area (Å²) in [6, 6.07) is 5.96. The topological polar surface area (TPSA) is 38.0 Å². The molecule has 0 saturated heterocycles. The van der Waals surface area contributed by atoms with Gasteiger partial charge in [0.05, 0.1) is 6.04 Å². The standard InChI is InChI=1S/C13H16BrClN2/c14-10-6-7-11(12(15)8-10)13(17-16)9-4-2-1-3-5-9/h4,6-8,13,17H,1-3,5,16H2. The first-order chi connectivity index (χ1) is 8.22. The fraction of sp³-hybridized carbons (Fsp3) is 0.385. The number of hydrogen-bond acceptors (Lipinski definition) is 2. The molecular formula is C13H16BrClN2. The van der Waals surface area contributed by atoms with Crippen LogP contribution in [0.2, 0.25) is 5.02 Å². The van der Waals surface area contributed by atoms with Gasteiger partial charge >= 0.3 is 0 Å². The molecular weight excluding hydrogens is 300 g/mol. The predicted octanol–water partition coefficient (Wildman–Crippen LogP) is 4.11. The van der Waals surface area contributed by atoms with E-state index in [-0.39, 0.29) is 6.04 Å². The summed E-state index contributed by atoms with van der Waals surface area (Å²) in [5.74, 6) is 5.68. The molecule has 0 fully saturated rings. The lowest BCUT2D eigenvalue weighted by Crippen LogP contribution is -2.30. The highest BCUT2D eigenvalue weighted by molar-refractivity contribution is 9.10. The van der Waals surface area contributed by atoms with Crippen LogP contribution in [0.5, 0.6) is 0 Å². The normalized spacial score (nSPS) is 17.7. The largest absolute Gasteiger partial charge is 0.271 e. The van der Waals surface area contributed by atoms with Crippen LogP contribution in [0.4, 0.5) is 0 Å².